The lowest BCUT2D eigenvalue weighted by atomic mass is 9.97. The number of carbonyl (C=O) groups is 1. The van der Waals surface area contributed by atoms with Gasteiger partial charge in [0, 0.05) is 12.3 Å². The number of anilines is 1. The monoisotopic (exact) mass is 251 g/mol. The van der Waals surface area contributed by atoms with E-state index in [-0.39, 0.29) is 12.7 Å². The van der Waals surface area contributed by atoms with E-state index >= 15 is 0 Å². The molecule has 0 bridgehead atoms. The van der Waals surface area contributed by atoms with Crippen molar-refractivity contribution in [1.82, 2.24) is 0 Å². The van der Waals surface area contributed by atoms with Gasteiger partial charge in [0.1, 0.15) is 12.4 Å². The summed E-state index contributed by atoms with van der Waals surface area (Å²) in [5.41, 5.74) is 0.245. The molecule has 0 aliphatic carbocycles. The SMILES string of the molecule is COc1ccc(N2C(=O)OCC2(C)CCO)cc1. The van der Waals surface area contributed by atoms with Crippen LogP contribution in [0.15, 0.2) is 24.3 Å². The number of cyclic esters (lactones) is 1. The maximum atomic E-state index is 11.8. The molecule has 1 unspecified atom stereocenters. The van der Waals surface area contributed by atoms with Crippen molar-refractivity contribution in [3.63, 3.8) is 0 Å². The van der Waals surface area contributed by atoms with Crippen LogP contribution in [0.3, 0.4) is 0 Å². The van der Waals surface area contributed by atoms with E-state index in [1.165, 1.54) is 0 Å². The van der Waals surface area contributed by atoms with Gasteiger partial charge in [-0.2, -0.15) is 0 Å². The number of methoxy groups -OCH3 is 1. The van der Waals surface area contributed by atoms with E-state index < -0.39 is 5.54 Å². The van der Waals surface area contributed by atoms with Gasteiger partial charge in [-0.05, 0) is 37.6 Å². The van der Waals surface area contributed by atoms with Crippen molar-refractivity contribution in [2.24, 2.45) is 0 Å². The second-order valence-electron chi connectivity index (χ2n) is 4.56. The predicted molar refractivity (Wildman–Crippen MR) is 66.9 cm³/mol. The van der Waals surface area contributed by atoms with Gasteiger partial charge in [-0.25, -0.2) is 4.79 Å². The zero-order valence-corrected chi connectivity index (χ0v) is 10.5. The fraction of sp³-hybridized carbons (Fsp3) is 0.462. The largest absolute Gasteiger partial charge is 0.497 e. The van der Waals surface area contributed by atoms with E-state index in [9.17, 15) is 4.79 Å². The van der Waals surface area contributed by atoms with Gasteiger partial charge >= 0.3 is 6.09 Å². The Hall–Kier alpha value is -1.75. The van der Waals surface area contributed by atoms with Gasteiger partial charge in [0.2, 0.25) is 0 Å². The molecule has 5 heteroatoms. The maximum absolute atomic E-state index is 11.8. The second-order valence-corrected chi connectivity index (χ2v) is 4.56. The highest BCUT2D eigenvalue weighted by atomic mass is 16.6. The molecule has 0 saturated carbocycles. The lowest BCUT2D eigenvalue weighted by Gasteiger charge is -2.31. The molecule has 1 aromatic carbocycles. The number of ether oxygens (including phenoxy) is 2. The Kier molecular flexibility index (Phi) is 3.43. The first-order valence-electron chi connectivity index (χ1n) is 5.82. The molecular formula is C13H17NO4. The van der Waals surface area contributed by atoms with Crippen LogP contribution in [-0.2, 0) is 4.74 Å². The summed E-state index contributed by atoms with van der Waals surface area (Å²) in [6.07, 6.45) is 0.0984. The lowest BCUT2D eigenvalue weighted by Crippen LogP contribution is -2.45. The number of rotatable bonds is 4. The quantitative estimate of drug-likeness (QED) is 0.886. The molecule has 0 spiro atoms. The topological polar surface area (TPSA) is 59.0 Å². The zero-order valence-electron chi connectivity index (χ0n) is 10.5. The number of amides is 1. The van der Waals surface area contributed by atoms with Crippen LogP contribution in [0.4, 0.5) is 10.5 Å². The molecule has 1 aromatic rings. The molecular weight excluding hydrogens is 234 g/mol. The highest BCUT2D eigenvalue weighted by molar-refractivity contribution is 5.91. The fourth-order valence-electron chi connectivity index (χ4n) is 2.14. The standard InChI is InChI=1S/C13H17NO4/c1-13(7-8-15)9-18-12(16)14(13)10-3-5-11(17-2)6-4-10/h3-6,15H,7-9H2,1-2H3. The van der Waals surface area contributed by atoms with Crippen LogP contribution in [0.1, 0.15) is 13.3 Å². The molecule has 1 saturated heterocycles. The van der Waals surface area contributed by atoms with Crippen LogP contribution in [-0.4, -0.2) is 37.1 Å². The third kappa shape index (κ3) is 2.13. The van der Waals surface area contributed by atoms with Gasteiger partial charge in [-0.1, -0.05) is 0 Å². The summed E-state index contributed by atoms with van der Waals surface area (Å²) in [6.45, 7) is 2.20. The van der Waals surface area contributed by atoms with Crippen molar-refractivity contribution in [2.75, 3.05) is 25.2 Å². The summed E-state index contributed by atoms with van der Waals surface area (Å²) in [7, 11) is 1.59. The molecule has 0 radical (unpaired) electrons. The first kappa shape index (κ1) is 12.7. The predicted octanol–water partition coefficient (Wildman–Crippen LogP) is 1.79. The first-order chi connectivity index (χ1) is 8.60. The molecule has 98 valence electrons. The molecule has 1 aliphatic rings. The summed E-state index contributed by atoms with van der Waals surface area (Å²) < 4.78 is 10.2. The summed E-state index contributed by atoms with van der Waals surface area (Å²) in [5, 5.41) is 9.11. The minimum atomic E-state index is -0.500. The fourth-order valence-corrected chi connectivity index (χ4v) is 2.14. The first-order valence-corrected chi connectivity index (χ1v) is 5.82. The minimum Gasteiger partial charge on any atom is -0.497 e. The van der Waals surface area contributed by atoms with Gasteiger partial charge in [0.15, 0.2) is 0 Å². The van der Waals surface area contributed by atoms with Crippen molar-refractivity contribution in [3.05, 3.63) is 24.3 Å². The Morgan fingerprint density at radius 2 is 2.11 bits per heavy atom. The highest BCUT2D eigenvalue weighted by Gasteiger charge is 2.44. The van der Waals surface area contributed by atoms with E-state index in [1.807, 2.05) is 6.92 Å². The molecule has 1 aliphatic heterocycles. The number of carbonyl (C=O) groups excluding carboxylic acids is 1. The summed E-state index contributed by atoms with van der Waals surface area (Å²) in [4.78, 5) is 13.4. The maximum Gasteiger partial charge on any atom is 0.415 e. The van der Waals surface area contributed by atoms with Crippen LogP contribution in [0.5, 0.6) is 5.75 Å². The summed E-state index contributed by atoms with van der Waals surface area (Å²) in [6, 6.07) is 7.20. The molecule has 0 aromatic heterocycles. The molecule has 5 nitrogen and oxygen atoms in total. The van der Waals surface area contributed by atoms with Crippen molar-refractivity contribution in [2.45, 2.75) is 18.9 Å². The number of hydrogen-bond acceptors (Lipinski definition) is 4. The van der Waals surface area contributed by atoms with Gasteiger partial charge in [-0.3, -0.25) is 4.90 Å². The average Bonchev–Trinajstić information content (AvgIpc) is 2.66. The van der Waals surface area contributed by atoms with Crippen LogP contribution in [0, 0.1) is 0 Å². The van der Waals surface area contributed by atoms with Crippen molar-refractivity contribution in [1.29, 1.82) is 0 Å². The minimum absolute atomic E-state index is 0.0137. The number of nitrogens with zero attached hydrogens (tertiary/aromatic N) is 1. The van der Waals surface area contributed by atoms with Crippen LogP contribution < -0.4 is 9.64 Å². The second kappa shape index (κ2) is 4.86. The molecule has 1 N–H and O–H groups in total. The lowest BCUT2D eigenvalue weighted by molar-refractivity contribution is 0.167. The van der Waals surface area contributed by atoms with Crippen molar-refractivity contribution < 1.29 is 19.4 Å². The summed E-state index contributed by atoms with van der Waals surface area (Å²) >= 11 is 0. The molecule has 2 rings (SSSR count). The van der Waals surface area contributed by atoms with E-state index in [4.69, 9.17) is 14.6 Å². The van der Waals surface area contributed by atoms with E-state index in [0.29, 0.717) is 13.0 Å². The van der Waals surface area contributed by atoms with Gasteiger partial charge < -0.3 is 14.6 Å². The highest BCUT2D eigenvalue weighted by Crippen LogP contribution is 2.33. The Bertz CT molecular complexity index is 431. The molecule has 1 heterocycles. The number of hydrogen-bond donors (Lipinski definition) is 1. The van der Waals surface area contributed by atoms with Gasteiger partial charge in [0.25, 0.3) is 0 Å². The number of aliphatic hydroxyl groups excluding tert-OH is 1. The number of benzene rings is 1. The molecule has 1 atom stereocenters. The van der Waals surface area contributed by atoms with E-state index in [2.05, 4.69) is 0 Å². The molecule has 1 fully saturated rings. The van der Waals surface area contributed by atoms with E-state index in [0.717, 1.165) is 11.4 Å². The van der Waals surface area contributed by atoms with Gasteiger partial charge in [-0.15, -0.1) is 0 Å². The van der Waals surface area contributed by atoms with E-state index in [1.54, 1.807) is 36.3 Å². The van der Waals surface area contributed by atoms with Gasteiger partial charge in [0.05, 0.1) is 12.6 Å². The third-order valence-corrected chi connectivity index (χ3v) is 3.21. The molecule has 1 amide bonds. The zero-order chi connectivity index (χ0) is 13.2. The van der Waals surface area contributed by atoms with Crippen molar-refractivity contribution >= 4 is 11.8 Å². The molecule has 18 heavy (non-hydrogen) atoms. The Morgan fingerprint density at radius 1 is 1.44 bits per heavy atom. The average molecular weight is 251 g/mol. The third-order valence-electron chi connectivity index (χ3n) is 3.21. The summed E-state index contributed by atoms with van der Waals surface area (Å²) in [5.74, 6) is 0.732. The number of aliphatic hydroxyl groups is 1. The Balaban J connectivity index is 2.30. The van der Waals surface area contributed by atoms with Crippen LogP contribution in [0.2, 0.25) is 0 Å². The van der Waals surface area contributed by atoms with Crippen LogP contribution >= 0.6 is 0 Å². The Labute approximate surface area is 106 Å². The Morgan fingerprint density at radius 3 is 2.67 bits per heavy atom. The van der Waals surface area contributed by atoms with Crippen LogP contribution in [0.25, 0.3) is 0 Å². The van der Waals surface area contributed by atoms with Crippen molar-refractivity contribution in [3.8, 4) is 5.75 Å². The normalized spacial score (nSPS) is 23.1. The smallest absolute Gasteiger partial charge is 0.415 e.